The summed E-state index contributed by atoms with van der Waals surface area (Å²) in [6.07, 6.45) is 22.0. The number of hydrogen-bond donors (Lipinski definition) is 0. The normalized spacial score (nSPS) is 20.2. The van der Waals surface area contributed by atoms with Gasteiger partial charge in [0.25, 0.3) is 0 Å². The zero-order chi connectivity index (χ0) is 22.9. The number of ketones is 2. The Morgan fingerprint density at radius 1 is 0.613 bits per heavy atom. The van der Waals surface area contributed by atoms with E-state index >= 15 is 0 Å². The summed E-state index contributed by atoms with van der Waals surface area (Å²) in [5.74, 6) is 3.60. The summed E-state index contributed by atoms with van der Waals surface area (Å²) in [6, 6.07) is 0. The molecule has 0 bridgehead atoms. The van der Waals surface area contributed by atoms with Crippen LogP contribution >= 0.6 is 0 Å². The van der Waals surface area contributed by atoms with Crippen molar-refractivity contribution in [2.75, 3.05) is 0 Å². The molecule has 1 rings (SSSR count). The lowest BCUT2D eigenvalue weighted by molar-refractivity contribution is -0.124. The Hall–Kier alpha value is -0.660. The number of Topliss-reactive ketones (excluding diaryl/α,β-unsaturated/α-hetero) is 2. The van der Waals surface area contributed by atoms with Crippen LogP contribution in [0.4, 0.5) is 0 Å². The van der Waals surface area contributed by atoms with Crippen molar-refractivity contribution in [3.05, 3.63) is 0 Å². The predicted octanol–water partition coefficient (Wildman–Crippen LogP) is 9.09. The molecule has 0 N–H and O–H groups in total. The first-order valence-corrected chi connectivity index (χ1v) is 14.0. The fourth-order valence-corrected chi connectivity index (χ4v) is 5.36. The van der Waals surface area contributed by atoms with E-state index in [0.717, 1.165) is 50.4 Å². The highest BCUT2D eigenvalue weighted by Gasteiger charge is 2.29. The van der Waals surface area contributed by atoms with Crippen LogP contribution in [0, 0.1) is 23.7 Å². The first-order chi connectivity index (χ1) is 15.0. The number of rotatable bonds is 19. The minimum absolute atomic E-state index is 0.280. The molecule has 0 spiro atoms. The molecule has 0 heterocycles. The van der Waals surface area contributed by atoms with Gasteiger partial charge in [0.15, 0.2) is 0 Å². The molecule has 0 amide bonds. The van der Waals surface area contributed by atoms with Crippen molar-refractivity contribution in [1.82, 2.24) is 0 Å². The van der Waals surface area contributed by atoms with E-state index in [0.29, 0.717) is 17.5 Å². The third kappa shape index (κ3) is 13.5. The quantitative estimate of drug-likeness (QED) is 0.190. The van der Waals surface area contributed by atoms with Gasteiger partial charge in [0.1, 0.15) is 11.6 Å². The monoisotopic (exact) mass is 434 g/mol. The van der Waals surface area contributed by atoms with E-state index in [9.17, 15) is 9.59 Å². The van der Waals surface area contributed by atoms with Crippen LogP contribution in [0.1, 0.15) is 150 Å². The summed E-state index contributed by atoms with van der Waals surface area (Å²) in [4.78, 5) is 24.4. The molecule has 1 fully saturated rings. The van der Waals surface area contributed by atoms with Gasteiger partial charge in [-0.2, -0.15) is 0 Å². The van der Waals surface area contributed by atoms with Gasteiger partial charge in [-0.15, -0.1) is 0 Å². The van der Waals surface area contributed by atoms with Crippen molar-refractivity contribution in [1.29, 1.82) is 0 Å². The van der Waals surface area contributed by atoms with E-state index in [1.165, 1.54) is 83.5 Å². The molecule has 0 aromatic heterocycles. The summed E-state index contributed by atoms with van der Waals surface area (Å²) < 4.78 is 0. The van der Waals surface area contributed by atoms with Gasteiger partial charge < -0.3 is 0 Å². The molecule has 1 unspecified atom stereocenters. The Bertz CT molecular complexity index is 459. The topological polar surface area (TPSA) is 34.1 Å². The highest BCUT2D eigenvalue weighted by Crippen LogP contribution is 2.37. The second-order valence-electron chi connectivity index (χ2n) is 10.9. The molecule has 31 heavy (non-hydrogen) atoms. The van der Waals surface area contributed by atoms with Crippen molar-refractivity contribution in [2.45, 2.75) is 150 Å². The summed E-state index contributed by atoms with van der Waals surface area (Å²) in [6.45, 7) is 9.09. The van der Waals surface area contributed by atoms with Crippen LogP contribution in [0.5, 0.6) is 0 Å². The van der Waals surface area contributed by atoms with Gasteiger partial charge in [-0.1, -0.05) is 85.5 Å². The molecule has 0 aromatic rings. The molecule has 0 radical (unpaired) electrons. The average Bonchev–Trinajstić information content (AvgIpc) is 2.77. The summed E-state index contributed by atoms with van der Waals surface area (Å²) >= 11 is 0. The Labute approximate surface area is 194 Å². The van der Waals surface area contributed by atoms with Crippen molar-refractivity contribution < 1.29 is 9.59 Å². The fourth-order valence-electron chi connectivity index (χ4n) is 5.36. The molecule has 0 aromatic carbocycles. The Balaban J connectivity index is 1.92. The van der Waals surface area contributed by atoms with Gasteiger partial charge in [-0.05, 0) is 62.7 Å². The van der Waals surface area contributed by atoms with Gasteiger partial charge in [0.2, 0.25) is 0 Å². The van der Waals surface area contributed by atoms with E-state index in [-0.39, 0.29) is 5.92 Å². The van der Waals surface area contributed by atoms with E-state index in [4.69, 9.17) is 0 Å². The SMILES string of the molecule is CCCCCCC(=O)CCCCCCCCCCC(=O)C(C)C1CCC(C(C)C)CC1. The van der Waals surface area contributed by atoms with E-state index in [1.54, 1.807) is 0 Å². The van der Waals surface area contributed by atoms with Crippen LogP contribution < -0.4 is 0 Å². The Kier molecular flexibility index (Phi) is 16.3. The standard InChI is InChI=1S/C29H54O2/c1-5-6-7-14-17-28(30)18-15-12-10-8-9-11-13-16-19-29(31)25(4)27-22-20-26(21-23-27)24(2)3/h24-27H,5-23H2,1-4H3. The number of unbranched alkanes of at least 4 members (excludes halogenated alkanes) is 10. The maximum absolute atomic E-state index is 12.6. The van der Waals surface area contributed by atoms with Crippen molar-refractivity contribution >= 4 is 11.6 Å². The fraction of sp³-hybridized carbons (Fsp3) is 0.931. The number of carbonyl (C=O) groups excluding carboxylic acids is 2. The lowest BCUT2D eigenvalue weighted by atomic mass is 9.72. The van der Waals surface area contributed by atoms with Crippen LogP contribution in [0.2, 0.25) is 0 Å². The van der Waals surface area contributed by atoms with Crippen molar-refractivity contribution in [3.63, 3.8) is 0 Å². The third-order valence-electron chi connectivity index (χ3n) is 7.91. The molecule has 1 aliphatic rings. The van der Waals surface area contributed by atoms with Crippen molar-refractivity contribution in [2.24, 2.45) is 23.7 Å². The highest BCUT2D eigenvalue weighted by molar-refractivity contribution is 5.80. The van der Waals surface area contributed by atoms with Gasteiger partial charge in [-0.3, -0.25) is 9.59 Å². The molecule has 0 saturated heterocycles. The molecular weight excluding hydrogens is 380 g/mol. The van der Waals surface area contributed by atoms with Crippen LogP contribution in [-0.2, 0) is 9.59 Å². The predicted molar refractivity (Wildman–Crippen MR) is 134 cm³/mol. The van der Waals surface area contributed by atoms with Gasteiger partial charge in [0, 0.05) is 25.2 Å². The molecule has 1 atom stereocenters. The van der Waals surface area contributed by atoms with Crippen LogP contribution in [0.15, 0.2) is 0 Å². The van der Waals surface area contributed by atoms with Crippen LogP contribution in [0.3, 0.4) is 0 Å². The Morgan fingerprint density at radius 3 is 1.52 bits per heavy atom. The van der Waals surface area contributed by atoms with Crippen LogP contribution in [0.25, 0.3) is 0 Å². The smallest absolute Gasteiger partial charge is 0.135 e. The van der Waals surface area contributed by atoms with E-state index in [2.05, 4.69) is 27.7 Å². The largest absolute Gasteiger partial charge is 0.300 e. The first-order valence-electron chi connectivity index (χ1n) is 14.0. The molecule has 2 heteroatoms. The summed E-state index contributed by atoms with van der Waals surface area (Å²) in [7, 11) is 0. The first kappa shape index (κ1) is 28.4. The van der Waals surface area contributed by atoms with Crippen LogP contribution in [-0.4, -0.2) is 11.6 Å². The molecular formula is C29H54O2. The second kappa shape index (κ2) is 17.8. The lowest BCUT2D eigenvalue weighted by Crippen LogP contribution is -2.27. The summed E-state index contributed by atoms with van der Waals surface area (Å²) in [5, 5.41) is 0. The second-order valence-corrected chi connectivity index (χ2v) is 10.9. The molecule has 1 saturated carbocycles. The Morgan fingerprint density at radius 2 is 1.03 bits per heavy atom. The lowest BCUT2D eigenvalue weighted by Gasteiger charge is -2.33. The highest BCUT2D eigenvalue weighted by atomic mass is 16.1. The average molecular weight is 435 g/mol. The number of hydrogen-bond acceptors (Lipinski definition) is 2. The maximum Gasteiger partial charge on any atom is 0.135 e. The number of carbonyl (C=O) groups is 2. The molecule has 0 aliphatic heterocycles. The summed E-state index contributed by atoms with van der Waals surface area (Å²) in [5.41, 5.74) is 0. The van der Waals surface area contributed by atoms with Gasteiger partial charge >= 0.3 is 0 Å². The van der Waals surface area contributed by atoms with Gasteiger partial charge in [0.05, 0.1) is 0 Å². The van der Waals surface area contributed by atoms with E-state index in [1.807, 2.05) is 0 Å². The zero-order valence-electron chi connectivity index (χ0n) is 21.6. The minimum Gasteiger partial charge on any atom is -0.300 e. The van der Waals surface area contributed by atoms with Crippen molar-refractivity contribution in [3.8, 4) is 0 Å². The molecule has 1 aliphatic carbocycles. The third-order valence-corrected chi connectivity index (χ3v) is 7.91. The molecule has 2 nitrogen and oxygen atoms in total. The van der Waals surface area contributed by atoms with Gasteiger partial charge in [-0.25, -0.2) is 0 Å². The van der Waals surface area contributed by atoms with E-state index < -0.39 is 0 Å². The zero-order valence-corrected chi connectivity index (χ0v) is 21.6. The molecule has 182 valence electrons. The maximum atomic E-state index is 12.6. The minimum atomic E-state index is 0.280.